The van der Waals surface area contributed by atoms with Crippen LogP contribution in [0.3, 0.4) is 0 Å². The fourth-order valence-electron chi connectivity index (χ4n) is 4.86. The minimum absolute atomic E-state index is 0.0879. The van der Waals surface area contributed by atoms with E-state index in [1.165, 1.54) is 0 Å². The molecule has 0 fully saturated rings. The Bertz CT molecular complexity index is 1050. The first-order chi connectivity index (χ1) is 17.1. The van der Waals surface area contributed by atoms with Gasteiger partial charge in [0.1, 0.15) is 11.2 Å². The van der Waals surface area contributed by atoms with Gasteiger partial charge in [-0.05, 0) is 65.3 Å². The lowest BCUT2D eigenvalue weighted by Gasteiger charge is -2.38. The van der Waals surface area contributed by atoms with Gasteiger partial charge in [-0.3, -0.25) is 4.79 Å². The number of hydrogen-bond donors (Lipinski definition) is 0. The number of para-hydroxylation sites is 1. The van der Waals surface area contributed by atoms with E-state index in [9.17, 15) is 14.4 Å². The van der Waals surface area contributed by atoms with Crippen molar-refractivity contribution in [3.05, 3.63) is 52.8 Å². The third-order valence-corrected chi connectivity index (χ3v) is 12.6. The van der Waals surface area contributed by atoms with E-state index in [0.29, 0.717) is 5.57 Å². The van der Waals surface area contributed by atoms with Gasteiger partial charge in [-0.25, -0.2) is 9.59 Å². The Morgan fingerprint density at radius 1 is 0.865 bits per heavy atom. The highest BCUT2D eigenvalue weighted by Gasteiger charge is 2.44. The standard InChI is InChI=1S/C30H45NO5Si/c1-11-37(12-2,13-3)24-20-21(26(32)31(10)22-17-15-14-16-18-22)19-23(27(33)35-29(4,5)6)25(24)28(34)36-30(7,8)9/h14-18,20-21H,11-13,19H2,1-10H3. The van der Waals surface area contributed by atoms with Gasteiger partial charge in [0, 0.05) is 12.7 Å². The van der Waals surface area contributed by atoms with Gasteiger partial charge < -0.3 is 14.4 Å². The number of anilines is 1. The summed E-state index contributed by atoms with van der Waals surface area (Å²) in [5.74, 6) is -1.80. The number of amides is 1. The van der Waals surface area contributed by atoms with Crippen molar-refractivity contribution in [3.8, 4) is 0 Å². The Balaban J connectivity index is 2.77. The quantitative estimate of drug-likeness (QED) is 0.280. The van der Waals surface area contributed by atoms with E-state index >= 15 is 0 Å². The van der Waals surface area contributed by atoms with Crippen molar-refractivity contribution in [2.24, 2.45) is 5.92 Å². The molecule has 1 aliphatic rings. The lowest BCUT2D eigenvalue weighted by molar-refractivity contribution is -0.153. The normalized spacial score (nSPS) is 16.7. The molecule has 7 heteroatoms. The summed E-state index contributed by atoms with van der Waals surface area (Å²) in [5.41, 5.74) is -0.155. The number of nitrogens with zero attached hydrogens (tertiary/aromatic N) is 1. The predicted molar refractivity (Wildman–Crippen MR) is 152 cm³/mol. The van der Waals surface area contributed by atoms with Crippen LogP contribution < -0.4 is 4.90 Å². The van der Waals surface area contributed by atoms with E-state index in [0.717, 1.165) is 29.0 Å². The Kier molecular flexibility index (Phi) is 9.74. The minimum atomic E-state index is -2.24. The van der Waals surface area contributed by atoms with Gasteiger partial charge in [-0.2, -0.15) is 0 Å². The van der Waals surface area contributed by atoms with Gasteiger partial charge in [0.25, 0.3) is 0 Å². The topological polar surface area (TPSA) is 72.9 Å². The van der Waals surface area contributed by atoms with E-state index < -0.39 is 37.1 Å². The van der Waals surface area contributed by atoms with Crippen molar-refractivity contribution in [1.82, 2.24) is 0 Å². The second kappa shape index (κ2) is 11.8. The van der Waals surface area contributed by atoms with Crippen LogP contribution in [0.5, 0.6) is 0 Å². The molecule has 0 aromatic heterocycles. The molecule has 1 unspecified atom stereocenters. The van der Waals surface area contributed by atoms with E-state index in [4.69, 9.17) is 9.47 Å². The van der Waals surface area contributed by atoms with Crippen LogP contribution in [0.25, 0.3) is 0 Å². The SMILES string of the molecule is CC[Si](CC)(CC)C1=CC(C(=O)N(C)c2ccccc2)CC(C(=O)OC(C)(C)C)=C1C(=O)OC(C)(C)C. The van der Waals surface area contributed by atoms with Gasteiger partial charge in [-0.1, -0.05) is 63.2 Å². The molecule has 0 aliphatic heterocycles. The van der Waals surface area contributed by atoms with Crippen LogP contribution in [0, 0.1) is 5.92 Å². The fraction of sp³-hybridized carbons (Fsp3) is 0.567. The van der Waals surface area contributed by atoms with Crippen LogP contribution in [0.2, 0.25) is 18.1 Å². The Labute approximate surface area is 224 Å². The zero-order chi connectivity index (χ0) is 28.2. The zero-order valence-corrected chi connectivity index (χ0v) is 25.4. The molecule has 37 heavy (non-hydrogen) atoms. The number of benzene rings is 1. The second-order valence-electron chi connectivity index (χ2n) is 11.8. The summed E-state index contributed by atoms with van der Waals surface area (Å²) in [4.78, 5) is 42.8. The van der Waals surface area contributed by atoms with Gasteiger partial charge >= 0.3 is 11.9 Å². The molecule has 1 atom stereocenters. The third kappa shape index (κ3) is 7.43. The molecular weight excluding hydrogens is 482 g/mol. The number of carbonyl (C=O) groups excluding carboxylic acids is 3. The molecule has 0 N–H and O–H groups in total. The summed E-state index contributed by atoms with van der Waals surface area (Å²) in [6, 6.07) is 12.1. The number of ether oxygens (including phenoxy) is 2. The third-order valence-electron chi connectivity index (χ3n) is 7.00. The predicted octanol–water partition coefficient (Wildman–Crippen LogP) is 6.62. The van der Waals surface area contributed by atoms with E-state index in [-0.39, 0.29) is 17.9 Å². The van der Waals surface area contributed by atoms with Crippen molar-refractivity contribution < 1.29 is 23.9 Å². The highest BCUT2D eigenvalue weighted by molar-refractivity contribution is 6.87. The maximum absolute atomic E-state index is 13.8. The van der Waals surface area contributed by atoms with Gasteiger partial charge in [-0.15, -0.1) is 0 Å². The van der Waals surface area contributed by atoms with Crippen LogP contribution in [-0.4, -0.2) is 44.2 Å². The molecule has 204 valence electrons. The van der Waals surface area contributed by atoms with E-state index in [1.807, 2.05) is 57.2 Å². The van der Waals surface area contributed by atoms with Crippen molar-refractivity contribution in [2.75, 3.05) is 11.9 Å². The molecule has 1 aliphatic carbocycles. The number of hydrogen-bond acceptors (Lipinski definition) is 5. The second-order valence-corrected chi connectivity index (χ2v) is 17.0. The molecule has 1 amide bonds. The Morgan fingerprint density at radius 2 is 1.35 bits per heavy atom. The average molecular weight is 528 g/mol. The monoisotopic (exact) mass is 527 g/mol. The summed E-state index contributed by atoms with van der Waals surface area (Å²) in [7, 11) is -0.496. The summed E-state index contributed by atoms with van der Waals surface area (Å²) in [6.07, 6.45) is 2.06. The molecular formula is C30H45NO5Si. The van der Waals surface area contributed by atoms with Crippen molar-refractivity contribution >= 4 is 31.6 Å². The van der Waals surface area contributed by atoms with E-state index in [2.05, 4.69) is 20.8 Å². The highest BCUT2D eigenvalue weighted by atomic mass is 28.3. The first-order valence-electron chi connectivity index (χ1n) is 13.3. The smallest absolute Gasteiger partial charge is 0.339 e. The average Bonchev–Trinajstić information content (AvgIpc) is 2.82. The Morgan fingerprint density at radius 3 is 1.81 bits per heavy atom. The molecule has 0 saturated heterocycles. The molecule has 0 saturated carbocycles. The summed E-state index contributed by atoms with van der Waals surface area (Å²) in [5, 5.41) is 0.848. The summed E-state index contributed by atoms with van der Waals surface area (Å²) in [6.45, 7) is 17.3. The van der Waals surface area contributed by atoms with Crippen molar-refractivity contribution in [2.45, 2.75) is 98.1 Å². The molecule has 0 spiro atoms. The molecule has 1 aromatic rings. The molecule has 0 heterocycles. The fourth-order valence-corrected chi connectivity index (χ4v) is 8.85. The first kappa shape index (κ1) is 30.6. The largest absolute Gasteiger partial charge is 0.457 e. The van der Waals surface area contributed by atoms with E-state index in [1.54, 1.807) is 32.7 Å². The number of carbonyl (C=O) groups is 3. The lowest BCUT2D eigenvalue weighted by Crippen LogP contribution is -2.43. The van der Waals surface area contributed by atoms with Crippen LogP contribution in [-0.2, 0) is 23.9 Å². The highest BCUT2D eigenvalue weighted by Crippen LogP contribution is 2.42. The van der Waals surface area contributed by atoms with Crippen LogP contribution >= 0.6 is 0 Å². The van der Waals surface area contributed by atoms with Crippen LogP contribution in [0.1, 0.15) is 68.7 Å². The Hall–Kier alpha value is -2.67. The number of esters is 2. The van der Waals surface area contributed by atoms with Crippen molar-refractivity contribution in [1.29, 1.82) is 0 Å². The van der Waals surface area contributed by atoms with Crippen LogP contribution in [0.4, 0.5) is 5.69 Å². The molecule has 0 bridgehead atoms. The lowest BCUT2D eigenvalue weighted by atomic mass is 9.87. The molecule has 6 nitrogen and oxygen atoms in total. The first-order valence-corrected chi connectivity index (χ1v) is 16.0. The van der Waals surface area contributed by atoms with Crippen LogP contribution in [0.15, 0.2) is 52.8 Å². The summed E-state index contributed by atoms with van der Waals surface area (Å²) < 4.78 is 11.6. The van der Waals surface area contributed by atoms with Gasteiger partial charge in [0.15, 0.2) is 0 Å². The zero-order valence-electron chi connectivity index (χ0n) is 24.4. The number of rotatable bonds is 8. The minimum Gasteiger partial charge on any atom is -0.457 e. The summed E-state index contributed by atoms with van der Waals surface area (Å²) >= 11 is 0. The maximum atomic E-state index is 13.8. The molecule has 0 radical (unpaired) electrons. The van der Waals surface area contributed by atoms with Gasteiger partial charge in [0.05, 0.1) is 25.1 Å². The van der Waals surface area contributed by atoms with Crippen molar-refractivity contribution in [3.63, 3.8) is 0 Å². The van der Waals surface area contributed by atoms with Gasteiger partial charge in [0.2, 0.25) is 5.91 Å². The molecule has 1 aromatic carbocycles. The maximum Gasteiger partial charge on any atom is 0.339 e. The molecule has 2 rings (SSSR count).